The lowest BCUT2D eigenvalue weighted by Gasteiger charge is -2.10. The van der Waals surface area contributed by atoms with Crippen molar-refractivity contribution in [1.82, 2.24) is 15.0 Å². The maximum absolute atomic E-state index is 12.1. The third kappa shape index (κ3) is 3.22. The van der Waals surface area contributed by atoms with Crippen LogP contribution in [0.3, 0.4) is 0 Å². The summed E-state index contributed by atoms with van der Waals surface area (Å²) in [5, 5.41) is 3.35. The second kappa shape index (κ2) is 5.97. The highest BCUT2D eigenvalue weighted by Gasteiger charge is 2.16. The number of benzene rings is 1. The predicted molar refractivity (Wildman–Crippen MR) is 84.3 cm³/mol. The number of nitrogens with one attached hydrogen (secondary N) is 2. The summed E-state index contributed by atoms with van der Waals surface area (Å²) in [6.45, 7) is 1.86. The van der Waals surface area contributed by atoms with Crippen molar-refractivity contribution in [2.24, 2.45) is 0 Å². The van der Waals surface area contributed by atoms with Crippen LogP contribution >= 0.6 is 11.8 Å². The first-order valence-corrected chi connectivity index (χ1v) is 7.42. The Kier molecular flexibility index (Phi) is 3.87. The molecule has 21 heavy (non-hydrogen) atoms. The Bertz CT molecular complexity index is 723. The molecule has 0 radical (unpaired) electrons. The van der Waals surface area contributed by atoms with Crippen LogP contribution in [0.5, 0.6) is 0 Å². The van der Waals surface area contributed by atoms with Gasteiger partial charge in [-0.25, -0.2) is 4.98 Å². The molecule has 2 N–H and O–H groups in total. The fourth-order valence-corrected chi connectivity index (χ4v) is 2.71. The SMILES string of the molecule is CC(Sc1nc2ccccc2[nH]1)C(=O)Nc1ccncc1. The van der Waals surface area contributed by atoms with Crippen molar-refractivity contribution in [2.75, 3.05) is 5.32 Å². The third-order valence-electron chi connectivity index (χ3n) is 2.97. The van der Waals surface area contributed by atoms with Gasteiger partial charge in [-0.1, -0.05) is 23.9 Å². The first-order valence-electron chi connectivity index (χ1n) is 6.54. The highest BCUT2D eigenvalue weighted by molar-refractivity contribution is 8.00. The van der Waals surface area contributed by atoms with Crippen molar-refractivity contribution < 1.29 is 4.79 Å². The molecule has 3 rings (SSSR count). The van der Waals surface area contributed by atoms with Crippen LogP contribution in [-0.2, 0) is 4.79 Å². The molecule has 106 valence electrons. The number of imidazole rings is 1. The quantitative estimate of drug-likeness (QED) is 0.726. The van der Waals surface area contributed by atoms with Crippen molar-refractivity contribution in [1.29, 1.82) is 0 Å². The average Bonchev–Trinajstić information content (AvgIpc) is 2.90. The van der Waals surface area contributed by atoms with E-state index >= 15 is 0 Å². The molecule has 0 aliphatic carbocycles. The van der Waals surface area contributed by atoms with Crippen molar-refractivity contribution >= 4 is 34.4 Å². The molecule has 0 aliphatic rings. The van der Waals surface area contributed by atoms with E-state index in [0.717, 1.165) is 21.9 Å². The Morgan fingerprint density at radius 2 is 2.00 bits per heavy atom. The number of hydrogen-bond donors (Lipinski definition) is 2. The Morgan fingerprint density at radius 3 is 2.76 bits per heavy atom. The summed E-state index contributed by atoms with van der Waals surface area (Å²) in [4.78, 5) is 23.7. The minimum absolute atomic E-state index is 0.0633. The van der Waals surface area contributed by atoms with Crippen LogP contribution in [-0.4, -0.2) is 26.1 Å². The summed E-state index contributed by atoms with van der Waals surface area (Å²) in [5.41, 5.74) is 2.62. The zero-order valence-electron chi connectivity index (χ0n) is 11.4. The van der Waals surface area contributed by atoms with Gasteiger partial charge in [0.25, 0.3) is 0 Å². The first kappa shape index (κ1) is 13.6. The summed E-state index contributed by atoms with van der Waals surface area (Å²) < 4.78 is 0. The Hall–Kier alpha value is -2.34. The smallest absolute Gasteiger partial charge is 0.237 e. The minimum Gasteiger partial charge on any atom is -0.333 e. The number of hydrogen-bond acceptors (Lipinski definition) is 4. The number of anilines is 1. The van der Waals surface area contributed by atoms with Gasteiger partial charge in [-0.05, 0) is 31.2 Å². The van der Waals surface area contributed by atoms with E-state index in [9.17, 15) is 4.79 Å². The van der Waals surface area contributed by atoms with Gasteiger partial charge in [0.2, 0.25) is 5.91 Å². The maximum atomic E-state index is 12.1. The number of pyridine rings is 1. The first-order chi connectivity index (χ1) is 10.2. The number of amides is 1. The Balaban J connectivity index is 1.67. The largest absolute Gasteiger partial charge is 0.333 e. The average molecular weight is 298 g/mol. The zero-order chi connectivity index (χ0) is 14.7. The number of H-pyrrole nitrogens is 1. The van der Waals surface area contributed by atoms with Gasteiger partial charge in [0.1, 0.15) is 0 Å². The van der Waals surface area contributed by atoms with E-state index in [2.05, 4.69) is 20.3 Å². The lowest BCUT2D eigenvalue weighted by molar-refractivity contribution is -0.115. The van der Waals surface area contributed by atoms with E-state index in [4.69, 9.17) is 0 Å². The molecule has 0 spiro atoms. The van der Waals surface area contributed by atoms with Gasteiger partial charge in [0, 0.05) is 18.1 Å². The van der Waals surface area contributed by atoms with E-state index in [0.29, 0.717) is 0 Å². The van der Waals surface area contributed by atoms with Crippen LogP contribution in [0.15, 0.2) is 53.9 Å². The van der Waals surface area contributed by atoms with E-state index < -0.39 is 0 Å². The van der Waals surface area contributed by atoms with Crippen molar-refractivity contribution in [3.63, 3.8) is 0 Å². The number of carbonyl (C=O) groups excluding carboxylic acids is 1. The van der Waals surface area contributed by atoms with Crippen LogP contribution < -0.4 is 5.32 Å². The van der Waals surface area contributed by atoms with Crippen LogP contribution in [0, 0.1) is 0 Å². The van der Waals surface area contributed by atoms with Gasteiger partial charge in [0.15, 0.2) is 5.16 Å². The summed E-state index contributed by atoms with van der Waals surface area (Å²) in [5.74, 6) is -0.0633. The van der Waals surface area contributed by atoms with Gasteiger partial charge in [-0.15, -0.1) is 0 Å². The highest BCUT2D eigenvalue weighted by Crippen LogP contribution is 2.24. The summed E-state index contributed by atoms with van der Waals surface area (Å²) in [6, 6.07) is 11.3. The molecule has 0 fully saturated rings. The minimum atomic E-state index is -0.251. The predicted octanol–water partition coefficient (Wildman–Crippen LogP) is 3.08. The fourth-order valence-electron chi connectivity index (χ4n) is 1.89. The standard InChI is InChI=1S/C15H14N4OS/c1-10(14(20)17-11-6-8-16-9-7-11)21-15-18-12-4-2-3-5-13(12)19-15/h2-10H,1H3,(H,18,19)(H,16,17,20). The highest BCUT2D eigenvalue weighted by atomic mass is 32.2. The molecule has 5 nitrogen and oxygen atoms in total. The number of aromatic nitrogens is 3. The molecule has 1 amide bonds. The zero-order valence-corrected chi connectivity index (χ0v) is 12.2. The summed E-state index contributed by atoms with van der Waals surface area (Å²) in [7, 11) is 0. The third-order valence-corrected chi connectivity index (χ3v) is 3.96. The second-order valence-electron chi connectivity index (χ2n) is 4.54. The fraction of sp³-hybridized carbons (Fsp3) is 0.133. The molecule has 2 aromatic heterocycles. The number of thioether (sulfide) groups is 1. The van der Waals surface area contributed by atoms with Crippen molar-refractivity contribution in [3.05, 3.63) is 48.8 Å². The van der Waals surface area contributed by atoms with Crippen LogP contribution in [0.1, 0.15) is 6.92 Å². The Labute approximate surface area is 126 Å². The molecular weight excluding hydrogens is 284 g/mol. The topological polar surface area (TPSA) is 70.7 Å². The van der Waals surface area contributed by atoms with Gasteiger partial charge < -0.3 is 10.3 Å². The van der Waals surface area contributed by atoms with Gasteiger partial charge in [-0.3, -0.25) is 9.78 Å². The van der Waals surface area contributed by atoms with Crippen molar-refractivity contribution in [3.8, 4) is 0 Å². The summed E-state index contributed by atoms with van der Waals surface area (Å²) >= 11 is 1.40. The molecule has 6 heteroatoms. The van der Waals surface area contributed by atoms with Crippen LogP contribution in [0.4, 0.5) is 5.69 Å². The molecule has 1 atom stereocenters. The molecule has 1 unspecified atom stereocenters. The number of nitrogens with zero attached hydrogens (tertiary/aromatic N) is 2. The number of rotatable bonds is 4. The normalized spacial score (nSPS) is 12.2. The maximum Gasteiger partial charge on any atom is 0.237 e. The molecule has 0 saturated carbocycles. The van der Waals surface area contributed by atoms with Gasteiger partial charge >= 0.3 is 0 Å². The van der Waals surface area contributed by atoms with Crippen LogP contribution in [0.2, 0.25) is 0 Å². The van der Waals surface area contributed by atoms with E-state index in [-0.39, 0.29) is 11.2 Å². The lowest BCUT2D eigenvalue weighted by Crippen LogP contribution is -2.22. The lowest BCUT2D eigenvalue weighted by atomic mass is 10.3. The number of para-hydroxylation sites is 2. The van der Waals surface area contributed by atoms with Gasteiger partial charge in [0.05, 0.1) is 16.3 Å². The van der Waals surface area contributed by atoms with Crippen LogP contribution in [0.25, 0.3) is 11.0 Å². The van der Waals surface area contributed by atoms with E-state index in [1.165, 1.54) is 11.8 Å². The van der Waals surface area contributed by atoms with E-state index in [1.807, 2.05) is 31.2 Å². The molecular formula is C15H14N4OS. The molecule has 2 heterocycles. The monoisotopic (exact) mass is 298 g/mol. The Morgan fingerprint density at radius 1 is 1.24 bits per heavy atom. The molecule has 3 aromatic rings. The second-order valence-corrected chi connectivity index (χ2v) is 5.87. The van der Waals surface area contributed by atoms with Gasteiger partial charge in [-0.2, -0.15) is 0 Å². The number of aromatic amines is 1. The molecule has 0 aliphatic heterocycles. The van der Waals surface area contributed by atoms with E-state index in [1.54, 1.807) is 24.5 Å². The number of carbonyl (C=O) groups is 1. The van der Waals surface area contributed by atoms with Crippen molar-refractivity contribution in [2.45, 2.75) is 17.3 Å². The molecule has 1 aromatic carbocycles. The summed E-state index contributed by atoms with van der Waals surface area (Å²) in [6.07, 6.45) is 3.29. The molecule has 0 bridgehead atoms. The number of fused-ring (bicyclic) bond motifs is 1. The molecule has 0 saturated heterocycles.